The van der Waals surface area contributed by atoms with Gasteiger partial charge >= 0.3 is 6.03 Å². The molecule has 69 valence electrons. The third-order valence-electron chi connectivity index (χ3n) is 1.12. The number of hydrogen-bond donors (Lipinski definition) is 2. The quantitative estimate of drug-likeness (QED) is 0.661. The van der Waals surface area contributed by atoms with Crippen LogP contribution in [-0.2, 0) is 4.79 Å². The summed E-state index contributed by atoms with van der Waals surface area (Å²) in [5.74, 6) is 0.130. The molecule has 13 heavy (non-hydrogen) atoms. The second-order valence-corrected chi connectivity index (χ2v) is 2.33. The van der Waals surface area contributed by atoms with Crippen molar-refractivity contribution < 1.29 is 14.1 Å². The molecular formula is C7H8N3O3. The lowest BCUT2D eigenvalue weighted by Crippen LogP contribution is -2.32. The highest BCUT2D eigenvalue weighted by atomic mass is 16.5. The van der Waals surface area contributed by atoms with Gasteiger partial charge in [0.1, 0.15) is 5.76 Å². The maximum absolute atomic E-state index is 10.9. The number of nitrogens with one attached hydrogen (secondary N) is 2. The average Bonchev–Trinajstić information content (AvgIpc) is 2.33. The predicted molar refractivity (Wildman–Crippen MR) is 43.8 cm³/mol. The van der Waals surface area contributed by atoms with E-state index in [0.29, 0.717) is 5.76 Å². The Balaban J connectivity index is 2.50. The number of imide groups is 1. The van der Waals surface area contributed by atoms with Crippen LogP contribution in [0.5, 0.6) is 0 Å². The monoisotopic (exact) mass is 182 g/mol. The largest absolute Gasteiger partial charge is 0.360 e. The molecule has 1 heterocycles. The molecule has 2 N–H and O–H groups in total. The van der Waals surface area contributed by atoms with E-state index in [1.165, 1.54) is 6.07 Å². The average molecular weight is 182 g/mol. The number of urea groups is 1. The maximum atomic E-state index is 10.9. The molecule has 0 unspecified atom stereocenters. The summed E-state index contributed by atoms with van der Waals surface area (Å²) >= 11 is 0. The van der Waals surface area contributed by atoms with Crippen LogP contribution in [0.4, 0.5) is 10.6 Å². The fraction of sp³-hybridized carbons (Fsp3) is 0.143. The molecule has 3 amide bonds. The summed E-state index contributed by atoms with van der Waals surface area (Å²) in [6, 6.07) is 0.834. The Morgan fingerprint density at radius 3 is 2.77 bits per heavy atom. The van der Waals surface area contributed by atoms with Crippen LogP contribution in [0.3, 0.4) is 0 Å². The molecule has 1 aromatic rings. The third kappa shape index (κ3) is 2.94. The number of nitrogens with zero attached hydrogens (tertiary/aromatic N) is 1. The molecule has 0 aromatic carbocycles. The van der Waals surface area contributed by atoms with Crippen LogP contribution < -0.4 is 10.6 Å². The van der Waals surface area contributed by atoms with E-state index in [-0.39, 0.29) is 5.82 Å². The van der Waals surface area contributed by atoms with Crippen molar-refractivity contribution in [3.8, 4) is 0 Å². The van der Waals surface area contributed by atoms with Crippen LogP contribution >= 0.6 is 0 Å². The van der Waals surface area contributed by atoms with Crippen LogP contribution in [0.15, 0.2) is 10.6 Å². The van der Waals surface area contributed by atoms with Gasteiger partial charge in [-0.3, -0.25) is 15.4 Å². The lowest BCUT2D eigenvalue weighted by molar-refractivity contribution is -0.115. The van der Waals surface area contributed by atoms with Gasteiger partial charge in [-0.05, 0) is 6.92 Å². The Morgan fingerprint density at radius 1 is 1.62 bits per heavy atom. The zero-order valence-corrected chi connectivity index (χ0v) is 6.96. The number of rotatable bonds is 1. The first-order chi connectivity index (χ1) is 6.08. The minimum Gasteiger partial charge on any atom is -0.360 e. The van der Waals surface area contributed by atoms with Gasteiger partial charge in [0.15, 0.2) is 5.82 Å². The van der Waals surface area contributed by atoms with E-state index in [1.54, 1.807) is 6.92 Å². The van der Waals surface area contributed by atoms with Gasteiger partial charge in [0.2, 0.25) is 5.91 Å². The smallest absolute Gasteiger partial charge is 0.327 e. The Labute approximate surface area is 74.3 Å². The van der Waals surface area contributed by atoms with Crippen LogP contribution in [0.1, 0.15) is 5.76 Å². The summed E-state index contributed by atoms with van der Waals surface area (Å²) in [7, 11) is 0. The van der Waals surface area contributed by atoms with Gasteiger partial charge in [-0.1, -0.05) is 5.16 Å². The number of carbonyl (C=O) groups is 2. The Morgan fingerprint density at radius 2 is 2.31 bits per heavy atom. The molecule has 0 aliphatic rings. The molecule has 1 rings (SSSR count). The Bertz CT molecular complexity index is 331. The van der Waals surface area contributed by atoms with Gasteiger partial charge in [0.05, 0.1) is 0 Å². The van der Waals surface area contributed by atoms with Gasteiger partial charge in [0.25, 0.3) is 0 Å². The van der Waals surface area contributed by atoms with Crippen molar-refractivity contribution in [1.82, 2.24) is 10.5 Å². The number of hydrogen-bond acceptors (Lipinski definition) is 4. The predicted octanol–water partition coefficient (Wildman–Crippen LogP) is 0.465. The van der Waals surface area contributed by atoms with Crippen LogP contribution in [-0.4, -0.2) is 17.1 Å². The van der Waals surface area contributed by atoms with Gasteiger partial charge in [0, 0.05) is 13.0 Å². The number of aromatic nitrogens is 1. The minimum atomic E-state index is -0.687. The van der Waals surface area contributed by atoms with Crippen molar-refractivity contribution in [1.29, 1.82) is 0 Å². The first-order valence-electron chi connectivity index (χ1n) is 3.45. The summed E-state index contributed by atoms with van der Waals surface area (Å²) in [6.45, 7) is 4.65. The Kier molecular flexibility index (Phi) is 2.63. The van der Waals surface area contributed by atoms with E-state index in [1.807, 2.05) is 5.32 Å². The number of anilines is 1. The molecule has 0 saturated heterocycles. The van der Waals surface area contributed by atoms with E-state index in [2.05, 4.69) is 21.9 Å². The molecular weight excluding hydrogens is 174 g/mol. The first-order valence-corrected chi connectivity index (χ1v) is 3.45. The molecule has 0 spiro atoms. The topological polar surface area (TPSA) is 84.2 Å². The number of carbonyl (C=O) groups excluding carboxylic acids is 2. The van der Waals surface area contributed by atoms with Crippen molar-refractivity contribution in [2.24, 2.45) is 0 Å². The summed E-state index contributed by atoms with van der Waals surface area (Å²) < 4.78 is 4.68. The fourth-order valence-corrected chi connectivity index (χ4v) is 0.700. The lowest BCUT2D eigenvalue weighted by Gasteiger charge is -1.98. The molecule has 0 aliphatic carbocycles. The highest BCUT2D eigenvalue weighted by molar-refractivity contribution is 6.02. The van der Waals surface area contributed by atoms with Crippen molar-refractivity contribution in [2.45, 2.75) is 6.92 Å². The van der Waals surface area contributed by atoms with E-state index >= 15 is 0 Å². The van der Waals surface area contributed by atoms with Crippen molar-refractivity contribution in [3.05, 3.63) is 18.8 Å². The molecule has 0 saturated carbocycles. The molecule has 0 atom stereocenters. The first kappa shape index (κ1) is 9.24. The molecule has 0 fully saturated rings. The van der Waals surface area contributed by atoms with Gasteiger partial charge in [-0.15, -0.1) is 0 Å². The fourth-order valence-electron chi connectivity index (χ4n) is 0.700. The summed E-state index contributed by atoms with van der Waals surface area (Å²) in [5, 5.41) is 7.68. The normalized spacial score (nSPS) is 9.38. The maximum Gasteiger partial charge on any atom is 0.327 e. The van der Waals surface area contributed by atoms with Crippen molar-refractivity contribution >= 4 is 17.8 Å². The van der Waals surface area contributed by atoms with E-state index in [0.717, 1.165) is 0 Å². The van der Waals surface area contributed by atoms with E-state index in [9.17, 15) is 9.59 Å². The highest BCUT2D eigenvalue weighted by Gasteiger charge is 2.06. The van der Waals surface area contributed by atoms with Crippen LogP contribution in [0.25, 0.3) is 0 Å². The number of aryl methyl sites for hydroxylation is 1. The zero-order chi connectivity index (χ0) is 9.84. The Hall–Kier alpha value is -1.85. The second kappa shape index (κ2) is 3.70. The highest BCUT2D eigenvalue weighted by Crippen LogP contribution is 2.05. The van der Waals surface area contributed by atoms with Crippen molar-refractivity contribution in [2.75, 3.05) is 5.32 Å². The third-order valence-corrected chi connectivity index (χ3v) is 1.12. The lowest BCUT2D eigenvalue weighted by atomic mass is 10.5. The van der Waals surface area contributed by atoms with E-state index < -0.39 is 11.9 Å². The van der Waals surface area contributed by atoms with E-state index in [4.69, 9.17) is 0 Å². The SMILES string of the molecule is [CH2]C(=O)NC(=O)Nc1cc(C)on1. The van der Waals surface area contributed by atoms with Gasteiger partial charge in [-0.25, -0.2) is 4.79 Å². The zero-order valence-electron chi connectivity index (χ0n) is 6.96. The van der Waals surface area contributed by atoms with Crippen molar-refractivity contribution in [3.63, 3.8) is 0 Å². The molecule has 1 radical (unpaired) electrons. The molecule has 1 aromatic heterocycles. The molecule has 0 aliphatic heterocycles. The second-order valence-electron chi connectivity index (χ2n) is 2.33. The molecule has 0 bridgehead atoms. The molecule has 6 heteroatoms. The number of amides is 3. The standard InChI is InChI=1S/C7H8N3O3/c1-4-3-6(10-13-4)9-7(12)8-5(2)11/h3H,2H2,1H3,(H2,8,9,10,11,12). The van der Waals surface area contributed by atoms with Crippen LogP contribution in [0.2, 0.25) is 0 Å². The minimum absolute atomic E-state index is 0.247. The van der Waals surface area contributed by atoms with Gasteiger partial charge in [-0.2, -0.15) is 0 Å². The van der Waals surface area contributed by atoms with Crippen LogP contribution in [0, 0.1) is 13.8 Å². The molecule has 6 nitrogen and oxygen atoms in total. The summed E-state index contributed by atoms with van der Waals surface area (Å²) in [4.78, 5) is 21.2. The summed E-state index contributed by atoms with van der Waals surface area (Å²) in [5.41, 5.74) is 0. The van der Waals surface area contributed by atoms with Gasteiger partial charge < -0.3 is 4.52 Å². The summed E-state index contributed by atoms with van der Waals surface area (Å²) in [6.07, 6.45) is 0.